The van der Waals surface area contributed by atoms with Gasteiger partial charge in [0.05, 0.1) is 17.1 Å². The van der Waals surface area contributed by atoms with E-state index in [9.17, 15) is 0 Å². The highest BCUT2D eigenvalue weighted by Crippen LogP contribution is 2.49. The minimum atomic E-state index is 0.344. The number of H-pyrrole nitrogens is 1. The predicted molar refractivity (Wildman–Crippen MR) is 140 cm³/mol. The Balaban J connectivity index is 1.46. The molecule has 0 amide bonds. The zero-order valence-electron chi connectivity index (χ0n) is 20.4. The van der Waals surface area contributed by atoms with E-state index < -0.39 is 0 Å². The van der Waals surface area contributed by atoms with Gasteiger partial charge in [-0.1, -0.05) is 74.9 Å². The van der Waals surface area contributed by atoms with Crippen LogP contribution in [0, 0.1) is 12.8 Å². The normalized spacial score (nSPS) is 16.1. The van der Waals surface area contributed by atoms with Crippen molar-refractivity contribution in [2.45, 2.75) is 64.7 Å². The molecule has 4 aromatic rings. The molecule has 1 N–H and O–H groups in total. The number of aromatic nitrogens is 3. The van der Waals surface area contributed by atoms with Crippen molar-refractivity contribution < 1.29 is 0 Å². The van der Waals surface area contributed by atoms with Crippen LogP contribution in [0.3, 0.4) is 0 Å². The van der Waals surface area contributed by atoms with Crippen LogP contribution in [-0.2, 0) is 18.3 Å². The van der Waals surface area contributed by atoms with E-state index in [1.54, 1.807) is 0 Å². The van der Waals surface area contributed by atoms with Crippen molar-refractivity contribution in [3.05, 3.63) is 89.4 Å². The van der Waals surface area contributed by atoms with Crippen LogP contribution < -0.4 is 0 Å². The number of pyridine rings is 1. The summed E-state index contributed by atoms with van der Waals surface area (Å²) in [6.07, 6.45) is 7.05. The summed E-state index contributed by atoms with van der Waals surface area (Å²) in [6, 6.07) is 22.3. The lowest BCUT2D eigenvalue weighted by molar-refractivity contribution is 0.232. The van der Waals surface area contributed by atoms with Gasteiger partial charge in [-0.2, -0.15) is 0 Å². The molecule has 3 nitrogen and oxygen atoms in total. The predicted octanol–water partition coefficient (Wildman–Crippen LogP) is 7.64. The van der Waals surface area contributed by atoms with Crippen molar-refractivity contribution in [2.75, 3.05) is 0 Å². The Kier molecular flexibility index (Phi) is 5.17. The molecule has 2 aliphatic carbocycles. The van der Waals surface area contributed by atoms with Crippen molar-refractivity contribution in [1.82, 2.24) is 15.0 Å². The van der Waals surface area contributed by atoms with Crippen LogP contribution in [0.15, 0.2) is 60.7 Å². The highest BCUT2D eigenvalue weighted by atomic mass is 14.9. The molecule has 0 spiro atoms. The van der Waals surface area contributed by atoms with Crippen LogP contribution in [-0.4, -0.2) is 15.0 Å². The lowest BCUT2D eigenvalue weighted by Gasteiger charge is -2.44. The topological polar surface area (TPSA) is 41.6 Å². The van der Waals surface area contributed by atoms with Gasteiger partial charge in [-0.15, -0.1) is 0 Å². The van der Waals surface area contributed by atoms with Crippen molar-refractivity contribution in [2.24, 2.45) is 0 Å². The summed E-state index contributed by atoms with van der Waals surface area (Å²) < 4.78 is 0. The van der Waals surface area contributed by atoms with E-state index in [4.69, 9.17) is 9.97 Å². The fourth-order valence-corrected chi connectivity index (χ4v) is 6.02. The number of aromatic amines is 1. The zero-order valence-corrected chi connectivity index (χ0v) is 20.4. The van der Waals surface area contributed by atoms with E-state index in [1.807, 2.05) is 6.92 Å². The van der Waals surface area contributed by atoms with E-state index in [2.05, 4.69) is 79.5 Å². The van der Waals surface area contributed by atoms with Gasteiger partial charge in [0.25, 0.3) is 0 Å². The van der Waals surface area contributed by atoms with Gasteiger partial charge < -0.3 is 4.98 Å². The first kappa shape index (κ1) is 21.3. The maximum Gasteiger partial charge on any atom is 0.103 e. The largest absolute Gasteiger partial charge is 0.346 e. The molecule has 2 aromatic heterocycles. The minimum absolute atomic E-state index is 0.344. The fraction of sp³-hybridized carbons (Fsp3) is 0.323. The number of rotatable bonds is 5. The Bertz CT molecular complexity index is 1330. The number of nitrogens with one attached hydrogen (secondary N) is 1. The van der Waals surface area contributed by atoms with E-state index in [-0.39, 0.29) is 0 Å². The summed E-state index contributed by atoms with van der Waals surface area (Å²) in [6.45, 7) is 6.57. The zero-order chi connectivity index (χ0) is 23.3. The second-order valence-corrected chi connectivity index (χ2v) is 10.5. The number of hydrogen-bond acceptors (Lipinski definition) is 2. The summed E-state index contributed by atoms with van der Waals surface area (Å²) in [7, 11) is 0. The molecule has 171 valence electrons. The van der Waals surface area contributed by atoms with Crippen molar-refractivity contribution in [1.29, 1.82) is 0 Å². The smallest absolute Gasteiger partial charge is 0.103 e. The maximum atomic E-state index is 5.28. The Hall–Kier alpha value is -3.20. The molecule has 2 aromatic carbocycles. The maximum absolute atomic E-state index is 5.28. The Labute approximate surface area is 202 Å². The molecule has 2 aliphatic rings. The molecular formula is C31H32N3. The number of benzene rings is 2. The number of aryl methyl sites for hydroxylation is 3. The molecule has 0 saturated heterocycles. The molecule has 2 heterocycles. The highest BCUT2D eigenvalue weighted by Gasteiger charge is 2.39. The third kappa shape index (κ3) is 3.58. The van der Waals surface area contributed by atoms with Gasteiger partial charge in [0.2, 0.25) is 0 Å². The first-order valence-corrected chi connectivity index (χ1v) is 12.6. The Morgan fingerprint density at radius 2 is 1.62 bits per heavy atom. The van der Waals surface area contributed by atoms with Crippen LogP contribution in [0.1, 0.15) is 62.3 Å². The van der Waals surface area contributed by atoms with Crippen LogP contribution in [0.5, 0.6) is 0 Å². The quantitative estimate of drug-likeness (QED) is 0.342. The third-order valence-corrected chi connectivity index (χ3v) is 7.72. The molecular weight excluding hydrogens is 414 g/mol. The molecule has 0 unspecified atom stereocenters. The van der Waals surface area contributed by atoms with Gasteiger partial charge in [-0.05, 0) is 67.6 Å². The van der Waals surface area contributed by atoms with Gasteiger partial charge in [-0.3, -0.25) is 4.98 Å². The second-order valence-electron chi connectivity index (χ2n) is 10.5. The van der Waals surface area contributed by atoms with E-state index >= 15 is 0 Å². The number of hydrogen-bond donors (Lipinski definition) is 1. The molecule has 0 atom stereocenters. The molecule has 6 rings (SSSR count). The number of nitrogens with zero attached hydrogens (tertiary/aromatic N) is 2. The van der Waals surface area contributed by atoms with E-state index in [0.717, 1.165) is 35.7 Å². The molecule has 1 saturated carbocycles. The Morgan fingerprint density at radius 3 is 2.29 bits per heavy atom. The van der Waals surface area contributed by atoms with Crippen molar-refractivity contribution in [3.8, 4) is 33.6 Å². The van der Waals surface area contributed by atoms with Crippen LogP contribution in [0.25, 0.3) is 33.6 Å². The first-order chi connectivity index (χ1) is 16.5. The fourth-order valence-electron chi connectivity index (χ4n) is 6.02. The van der Waals surface area contributed by atoms with Crippen LogP contribution in [0.4, 0.5) is 0 Å². The second kappa shape index (κ2) is 8.23. The summed E-state index contributed by atoms with van der Waals surface area (Å²) in [5, 5.41) is 0. The lowest BCUT2D eigenvalue weighted by Crippen LogP contribution is -2.35. The SMILES string of the molecule is C[C](C)CC1(c2ccc(-c3nc4c(cc3-c3ccccc3)-c3nc(C)[nH]c3CC4)cc2)CCC1. The molecule has 34 heavy (non-hydrogen) atoms. The monoisotopic (exact) mass is 446 g/mol. The molecule has 0 bridgehead atoms. The molecule has 1 radical (unpaired) electrons. The number of fused-ring (bicyclic) bond motifs is 3. The molecule has 1 fully saturated rings. The van der Waals surface area contributed by atoms with Gasteiger partial charge >= 0.3 is 0 Å². The van der Waals surface area contributed by atoms with Gasteiger partial charge in [0.1, 0.15) is 5.82 Å². The van der Waals surface area contributed by atoms with Crippen molar-refractivity contribution in [3.63, 3.8) is 0 Å². The standard InChI is InChI=1S/C31H32N3/c1-20(2)19-31(16-7-17-31)24-12-10-23(11-13-24)29-25(22-8-5-4-6-9-22)18-26-27(34-29)14-15-28-30(26)33-21(3)32-28/h4-6,8-13,18H,7,14-17,19H2,1-3H3,(H,32,33). The summed E-state index contributed by atoms with van der Waals surface area (Å²) >= 11 is 0. The summed E-state index contributed by atoms with van der Waals surface area (Å²) in [4.78, 5) is 13.5. The van der Waals surface area contributed by atoms with E-state index in [1.165, 1.54) is 65.1 Å². The Morgan fingerprint density at radius 1 is 0.853 bits per heavy atom. The van der Waals surface area contributed by atoms with E-state index in [0.29, 0.717) is 5.41 Å². The minimum Gasteiger partial charge on any atom is -0.346 e. The third-order valence-electron chi connectivity index (χ3n) is 7.72. The van der Waals surface area contributed by atoms with Gasteiger partial charge in [-0.25, -0.2) is 4.98 Å². The molecule has 0 aliphatic heterocycles. The van der Waals surface area contributed by atoms with Gasteiger partial charge in [0.15, 0.2) is 0 Å². The van der Waals surface area contributed by atoms with Crippen molar-refractivity contribution >= 4 is 0 Å². The summed E-state index contributed by atoms with van der Waals surface area (Å²) in [5.41, 5.74) is 11.1. The average Bonchev–Trinajstić information content (AvgIpc) is 3.22. The average molecular weight is 447 g/mol. The first-order valence-electron chi connectivity index (χ1n) is 12.6. The highest BCUT2D eigenvalue weighted by molar-refractivity contribution is 5.85. The lowest BCUT2D eigenvalue weighted by atomic mass is 9.61. The van der Waals surface area contributed by atoms with Crippen LogP contribution in [0.2, 0.25) is 0 Å². The molecule has 3 heteroatoms. The number of imidazole rings is 1. The van der Waals surface area contributed by atoms with Crippen LogP contribution >= 0.6 is 0 Å². The van der Waals surface area contributed by atoms with Gasteiger partial charge in [0, 0.05) is 22.4 Å². The summed E-state index contributed by atoms with van der Waals surface area (Å²) in [5.74, 6) is 2.50.